The zero-order chi connectivity index (χ0) is 23.9. The molecule has 3 aliphatic heterocycles. The van der Waals surface area contributed by atoms with E-state index >= 15 is 0 Å². The lowest BCUT2D eigenvalue weighted by Gasteiger charge is -2.21. The molecule has 0 saturated carbocycles. The molecule has 0 aromatic carbocycles. The molecule has 2 atom stereocenters. The van der Waals surface area contributed by atoms with E-state index < -0.39 is 15.7 Å². The number of carbonyl (C=O) groups is 1. The SMILES string of the molecule is C[C@@]1(CCc2ccc(N3CCC(OS(C)(=O)=O)C3)nc2)C=C2C(=O)N(c3cccnc3)CC2=N1. The molecule has 9 nitrogen and oxygen atoms in total. The molecule has 5 rings (SSSR count). The van der Waals surface area contributed by atoms with Crippen molar-refractivity contribution in [3.63, 3.8) is 0 Å². The van der Waals surface area contributed by atoms with Crippen LogP contribution in [0.2, 0.25) is 0 Å². The van der Waals surface area contributed by atoms with Crippen molar-refractivity contribution in [2.45, 2.75) is 37.8 Å². The maximum Gasteiger partial charge on any atom is 0.264 e. The van der Waals surface area contributed by atoms with Gasteiger partial charge in [-0.05, 0) is 56.0 Å². The predicted octanol–water partition coefficient (Wildman–Crippen LogP) is 2.15. The Morgan fingerprint density at radius 2 is 2.09 bits per heavy atom. The van der Waals surface area contributed by atoms with Gasteiger partial charge in [0, 0.05) is 25.5 Å². The van der Waals surface area contributed by atoms with E-state index in [1.165, 1.54) is 0 Å². The molecular formula is C24H27N5O4S. The van der Waals surface area contributed by atoms with Crippen molar-refractivity contribution < 1.29 is 17.4 Å². The number of hydrogen-bond donors (Lipinski definition) is 0. The number of aromatic nitrogens is 2. The van der Waals surface area contributed by atoms with Gasteiger partial charge in [-0.25, -0.2) is 4.98 Å². The Labute approximate surface area is 199 Å². The maximum absolute atomic E-state index is 12.9. The Bertz CT molecular complexity index is 1260. The Balaban J connectivity index is 1.18. The Hall–Kier alpha value is -3.11. The van der Waals surface area contributed by atoms with E-state index in [1.807, 2.05) is 41.4 Å². The molecule has 34 heavy (non-hydrogen) atoms. The monoisotopic (exact) mass is 481 g/mol. The first-order valence-corrected chi connectivity index (χ1v) is 13.1. The summed E-state index contributed by atoms with van der Waals surface area (Å²) >= 11 is 0. The van der Waals surface area contributed by atoms with Crippen LogP contribution in [0, 0.1) is 0 Å². The van der Waals surface area contributed by atoms with E-state index in [2.05, 4.69) is 16.9 Å². The smallest absolute Gasteiger partial charge is 0.264 e. The summed E-state index contributed by atoms with van der Waals surface area (Å²) in [5.41, 5.74) is 2.99. The van der Waals surface area contributed by atoms with E-state index in [0.29, 0.717) is 31.6 Å². The van der Waals surface area contributed by atoms with Crippen LogP contribution < -0.4 is 9.80 Å². The number of pyridine rings is 2. The summed E-state index contributed by atoms with van der Waals surface area (Å²) in [5.74, 6) is 0.790. The molecule has 2 fully saturated rings. The molecule has 0 N–H and O–H groups in total. The molecule has 178 valence electrons. The molecule has 2 aromatic rings. The molecule has 0 spiro atoms. The van der Waals surface area contributed by atoms with Gasteiger partial charge in [0.1, 0.15) is 5.82 Å². The molecule has 0 radical (unpaired) electrons. The molecule has 3 aliphatic rings. The highest BCUT2D eigenvalue weighted by atomic mass is 32.2. The fraction of sp³-hybridized carbons (Fsp3) is 0.417. The third kappa shape index (κ3) is 4.74. The van der Waals surface area contributed by atoms with Gasteiger partial charge in [-0.1, -0.05) is 6.07 Å². The zero-order valence-corrected chi connectivity index (χ0v) is 20.0. The van der Waals surface area contributed by atoms with Crippen LogP contribution in [0.4, 0.5) is 11.5 Å². The second kappa shape index (κ2) is 8.59. The number of nitrogens with zero attached hydrogens (tertiary/aromatic N) is 5. The number of hydrogen-bond acceptors (Lipinski definition) is 8. The van der Waals surface area contributed by atoms with Gasteiger partial charge < -0.3 is 9.80 Å². The lowest BCUT2D eigenvalue weighted by atomic mass is 9.94. The first kappa shape index (κ1) is 22.7. The third-order valence-electron chi connectivity index (χ3n) is 6.41. The normalized spacial score (nSPS) is 24.4. The van der Waals surface area contributed by atoms with E-state index in [1.54, 1.807) is 17.3 Å². The second-order valence-electron chi connectivity index (χ2n) is 9.26. The lowest BCUT2D eigenvalue weighted by Crippen LogP contribution is -2.27. The Kier molecular flexibility index (Phi) is 5.73. The topological polar surface area (TPSA) is 105 Å². The summed E-state index contributed by atoms with van der Waals surface area (Å²) in [7, 11) is -3.46. The van der Waals surface area contributed by atoms with Crippen molar-refractivity contribution >= 4 is 33.2 Å². The van der Waals surface area contributed by atoms with E-state index in [0.717, 1.165) is 41.9 Å². The largest absolute Gasteiger partial charge is 0.354 e. The average Bonchev–Trinajstić information content (AvgIpc) is 3.47. The minimum atomic E-state index is -3.46. The Morgan fingerprint density at radius 1 is 1.24 bits per heavy atom. The fourth-order valence-electron chi connectivity index (χ4n) is 4.73. The summed E-state index contributed by atoms with van der Waals surface area (Å²) in [6.45, 7) is 3.75. The molecular weight excluding hydrogens is 454 g/mol. The zero-order valence-electron chi connectivity index (χ0n) is 19.2. The fourth-order valence-corrected chi connectivity index (χ4v) is 5.38. The lowest BCUT2D eigenvalue weighted by molar-refractivity contribution is -0.114. The average molecular weight is 482 g/mol. The van der Waals surface area contributed by atoms with Crippen LogP contribution in [0.1, 0.15) is 25.3 Å². The van der Waals surface area contributed by atoms with Crippen LogP contribution in [0.15, 0.2) is 59.5 Å². The molecule has 2 aromatic heterocycles. The standard InChI is InChI=1S/C24H27N5O4S/c1-24(12-20-21(27-24)16-29(23(20)30)18-4-3-10-25-14-18)9-7-17-5-6-22(26-13-17)28-11-8-19(15-28)33-34(2,31)32/h3-6,10,12-14,19H,7-9,11,15-16H2,1-2H3/t19?,24-/m1/s1. The van der Waals surface area contributed by atoms with Crippen molar-refractivity contribution in [3.8, 4) is 0 Å². The summed E-state index contributed by atoms with van der Waals surface area (Å²) in [6.07, 6.45) is 10.2. The molecule has 0 aliphatic carbocycles. The van der Waals surface area contributed by atoms with Gasteiger partial charge in [-0.15, -0.1) is 0 Å². The van der Waals surface area contributed by atoms with Crippen LogP contribution in [-0.2, 0) is 25.5 Å². The summed E-state index contributed by atoms with van der Waals surface area (Å²) in [4.78, 5) is 30.2. The highest BCUT2D eigenvalue weighted by Gasteiger charge is 2.40. The number of rotatable bonds is 7. The van der Waals surface area contributed by atoms with Gasteiger partial charge in [-0.2, -0.15) is 8.42 Å². The van der Waals surface area contributed by atoms with Gasteiger partial charge in [0.15, 0.2) is 0 Å². The van der Waals surface area contributed by atoms with Gasteiger partial charge in [0.05, 0.1) is 47.6 Å². The Morgan fingerprint density at radius 3 is 2.76 bits per heavy atom. The molecule has 0 bridgehead atoms. The number of fused-ring (bicyclic) bond motifs is 1. The van der Waals surface area contributed by atoms with E-state index in [4.69, 9.17) is 9.18 Å². The van der Waals surface area contributed by atoms with Gasteiger partial charge >= 0.3 is 0 Å². The van der Waals surface area contributed by atoms with Crippen LogP contribution >= 0.6 is 0 Å². The van der Waals surface area contributed by atoms with Crippen molar-refractivity contribution in [3.05, 3.63) is 60.1 Å². The number of aryl methyl sites for hydroxylation is 1. The van der Waals surface area contributed by atoms with Crippen molar-refractivity contribution in [1.29, 1.82) is 0 Å². The summed E-state index contributed by atoms with van der Waals surface area (Å²) in [5, 5.41) is 0. The highest BCUT2D eigenvalue weighted by Crippen LogP contribution is 2.34. The minimum absolute atomic E-state index is 0.0229. The van der Waals surface area contributed by atoms with Crippen LogP contribution in [-0.4, -0.2) is 67.5 Å². The third-order valence-corrected chi connectivity index (χ3v) is 7.03. The first-order valence-electron chi connectivity index (χ1n) is 11.3. The quantitative estimate of drug-likeness (QED) is 0.558. The van der Waals surface area contributed by atoms with Crippen molar-refractivity contribution in [2.75, 3.05) is 35.7 Å². The number of amides is 1. The van der Waals surface area contributed by atoms with E-state index in [-0.39, 0.29) is 12.0 Å². The van der Waals surface area contributed by atoms with Crippen LogP contribution in [0.3, 0.4) is 0 Å². The summed E-state index contributed by atoms with van der Waals surface area (Å²) < 4.78 is 27.8. The van der Waals surface area contributed by atoms with Crippen LogP contribution in [0.25, 0.3) is 0 Å². The number of carbonyl (C=O) groups excluding carboxylic acids is 1. The van der Waals surface area contributed by atoms with E-state index in [9.17, 15) is 13.2 Å². The van der Waals surface area contributed by atoms with Crippen LogP contribution in [0.5, 0.6) is 0 Å². The first-order chi connectivity index (χ1) is 16.2. The second-order valence-corrected chi connectivity index (χ2v) is 10.9. The summed E-state index contributed by atoms with van der Waals surface area (Å²) in [6, 6.07) is 7.71. The molecule has 10 heteroatoms. The van der Waals surface area contributed by atoms with Gasteiger partial charge in [-0.3, -0.25) is 19.0 Å². The molecule has 5 heterocycles. The van der Waals surface area contributed by atoms with Crippen molar-refractivity contribution in [2.24, 2.45) is 4.99 Å². The van der Waals surface area contributed by atoms with Crippen molar-refractivity contribution in [1.82, 2.24) is 9.97 Å². The molecule has 1 unspecified atom stereocenters. The number of anilines is 2. The predicted molar refractivity (Wildman–Crippen MR) is 130 cm³/mol. The molecule has 1 amide bonds. The number of aliphatic imine (C=N–C) groups is 1. The highest BCUT2D eigenvalue weighted by molar-refractivity contribution is 7.86. The van der Waals surface area contributed by atoms with Gasteiger partial charge in [0.25, 0.3) is 16.0 Å². The maximum atomic E-state index is 12.9. The minimum Gasteiger partial charge on any atom is -0.354 e. The molecule has 2 saturated heterocycles. The van der Waals surface area contributed by atoms with Gasteiger partial charge in [0.2, 0.25) is 0 Å².